The van der Waals surface area contributed by atoms with E-state index >= 15 is 0 Å². The zero-order valence-electron chi connectivity index (χ0n) is 15.7. The molecule has 1 unspecified atom stereocenters. The summed E-state index contributed by atoms with van der Waals surface area (Å²) in [4.78, 5) is 24.8. The Bertz CT molecular complexity index is 1260. The van der Waals surface area contributed by atoms with Crippen molar-refractivity contribution >= 4 is 22.6 Å². The first kappa shape index (κ1) is 19.2. The van der Waals surface area contributed by atoms with Gasteiger partial charge in [0.05, 0.1) is 22.8 Å². The lowest BCUT2D eigenvalue weighted by Crippen LogP contribution is -2.28. The Morgan fingerprint density at radius 2 is 1.94 bits per heavy atom. The number of aromatic amines is 1. The fourth-order valence-corrected chi connectivity index (χ4v) is 3.67. The van der Waals surface area contributed by atoms with Crippen LogP contribution in [0.5, 0.6) is 0 Å². The number of amides is 1. The number of alkyl halides is 3. The van der Waals surface area contributed by atoms with Gasteiger partial charge in [0.2, 0.25) is 11.7 Å². The molecule has 7 nitrogen and oxygen atoms in total. The Kier molecular flexibility index (Phi) is 4.27. The third-order valence-corrected chi connectivity index (χ3v) is 5.07. The van der Waals surface area contributed by atoms with Gasteiger partial charge in [0.1, 0.15) is 11.6 Å². The Balaban J connectivity index is 1.49. The van der Waals surface area contributed by atoms with Crippen LogP contribution in [0.1, 0.15) is 30.6 Å². The van der Waals surface area contributed by atoms with Crippen LogP contribution in [0, 0.1) is 5.82 Å². The number of rotatable bonds is 3. The van der Waals surface area contributed by atoms with Crippen molar-refractivity contribution in [3.63, 3.8) is 0 Å². The summed E-state index contributed by atoms with van der Waals surface area (Å²) in [5.74, 6) is -2.47. The summed E-state index contributed by atoms with van der Waals surface area (Å²) in [6.07, 6.45) is -4.15. The molecule has 1 N–H and O–H groups in total. The van der Waals surface area contributed by atoms with E-state index in [0.29, 0.717) is 12.2 Å². The highest BCUT2D eigenvalue weighted by molar-refractivity contribution is 5.96. The van der Waals surface area contributed by atoms with Crippen LogP contribution in [0.4, 0.5) is 23.2 Å². The van der Waals surface area contributed by atoms with E-state index in [1.807, 2.05) is 24.3 Å². The number of anilines is 1. The first-order chi connectivity index (χ1) is 14.8. The fraction of sp³-hybridized carbons (Fsp3) is 0.200. The number of carbonyl (C=O) groups is 1. The molecule has 5 rings (SSSR count). The number of carbonyl (C=O) groups excluding carboxylic acids is 1. The van der Waals surface area contributed by atoms with Gasteiger partial charge in [0, 0.05) is 12.0 Å². The predicted molar refractivity (Wildman–Crippen MR) is 100 cm³/mol. The van der Waals surface area contributed by atoms with Gasteiger partial charge in [-0.25, -0.2) is 9.37 Å². The molecule has 2 aromatic carbocycles. The summed E-state index contributed by atoms with van der Waals surface area (Å²) in [5, 5.41) is 3.25. The van der Waals surface area contributed by atoms with E-state index in [2.05, 4.69) is 24.6 Å². The molecule has 3 heterocycles. The summed E-state index contributed by atoms with van der Waals surface area (Å²) >= 11 is 0. The molecule has 0 spiro atoms. The third kappa shape index (κ3) is 3.31. The van der Waals surface area contributed by atoms with E-state index in [0.717, 1.165) is 17.1 Å². The number of benzene rings is 2. The number of fused-ring (bicyclic) bond motifs is 1. The van der Waals surface area contributed by atoms with Crippen molar-refractivity contribution in [2.75, 3.05) is 4.90 Å². The number of nitrogens with one attached hydrogen (secondary N) is 1. The summed E-state index contributed by atoms with van der Waals surface area (Å²) < 4.78 is 57.1. The SMILES string of the molecule is O=C1CCC(c2nc3ccccc3[nH]2)N1c1ccc(-c2noc(C(F)(F)F)n2)cc1F. The lowest BCUT2D eigenvalue weighted by atomic mass is 10.1. The first-order valence-corrected chi connectivity index (χ1v) is 9.29. The van der Waals surface area contributed by atoms with Crippen molar-refractivity contribution in [3.05, 3.63) is 60.0 Å². The van der Waals surface area contributed by atoms with Gasteiger partial charge in [-0.15, -0.1) is 0 Å². The molecule has 0 saturated carbocycles. The Morgan fingerprint density at radius 3 is 2.65 bits per heavy atom. The van der Waals surface area contributed by atoms with Crippen LogP contribution >= 0.6 is 0 Å². The van der Waals surface area contributed by atoms with Gasteiger partial charge in [-0.2, -0.15) is 18.2 Å². The highest BCUT2D eigenvalue weighted by atomic mass is 19.4. The lowest BCUT2D eigenvalue weighted by Gasteiger charge is -2.24. The quantitative estimate of drug-likeness (QED) is 0.478. The molecular weight excluding hydrogens is 418 g/mol. The molecule has 1 aliphatic rings. The minimum Gasteiger partial charge on any atom is -0.340 e. The van der Waals surface area contributed by atoms with Gasteiger partial charge in [0.25, 0.3) is 0 Å². The highest BCUT2D eigenvalue weighted by Gasteiger charge is 2.39. The number of imidazole rings is 1. The molecule has 1 atom stereocenters. The first-order valence-electron chi connectivity index (χ1n) is 9.29. The van der Waals surface area contributed by atoms with E-state index in [1.165, 1.54) is 17.0 Å². The molecule has 4 aromatic rings. The third-order valence-electron chi connectivity index (χ3n) is 5.07. The van der Waals surface area contributed by atoms with Gasteiger partial charge in [-0.3, -0.25) is 9.69 Å². The van der Waals surface area contributed by atoms with Crippen LogP contribution in [-0.4, -0.2) is 26.0 Å². The summed E-state index contributed by atoms with van der Waals surface area (Å²) in [6, 6.07) is 10.5. The average molecular weight is 431 g/mol. The van der Waals surface area contributed by atoms with Gasteiger partial charge < -0.3 is 9.51 Å². The van der Waals surface area contributed by atoms with E-state index < -0.39 is 29.8 Å². The van der Waals surface area contributed by atoms with Crippen LogP contribution in [0.25, 0.3) is 22.4 Å². The summed E-state index contributed by atoms with van der Waals surface area (Å²) in [6.45, 7) is 0. The second kappa shape index (κ2) is 6.89. The van der Waals surface area contributed by atoms with Gasteiger partial charge in [-0.1, -0.05) is 17.3 Å². The summed E-state index contributed by atoms with van der Waals surface area (Å²) in [5.41, 5.74) is 1.51. The second-order valence-corrected chi connectivity index (χ2v) is 7.04. The van der Waals surface area contributed by atoms with Crippen molar-refractivity contribution < 1.29 is 26.9 Å². The molecule has 0 radical (unpaired) electrons. The molecule has 11 heteroatoms. The van der Waals surface area contributed by atoms with E-state index in [9.17, 15) is 22.4 Å². The fourth-order valence-electron chi connectivity index (χ4n) is 3.67. The zero-order chi connectivity index (χ0) is 21.8. The molecule has 31 heavy (non-hydrogen) atoms. The van der Waals surface area contributed by atoms with Crippen molar-refractivity contribution in [2.45, 2.75) is 25.1 Å². The molecule has 1 saturated heterocycles. The van der Waals surface area contributed by atoms with Crippen LogP contribution in [0.2, 0.25) is 0 Å². The molecule has 1 amide bonds. The standard InChI is InChI=1S/C20H13F4N5O2/c21-11-9-10(17-27-19(31-28-17)20(22,23)24)5-6-14(11)29-15(7-8-16(29)30)18-25-12-3-1-2-4-13(12)26-18/h1-6,9,15H,7-8H2,(H,25,26). The number of H-pyrrole nitrogens is 1. The molecule has 2 aromatic heterocycles. The van der Waals surface area contributed by atoms with Crippen LogP contribution in [0.3, 0.4) is 0 Å². The van der Waals surface area contributed by atoms with Gasteiger partial charge in [0.15, 0.2) is 0 Å². The second-order valence-electron chi connectivity index (χ2n) is 7.04. The minimum atomic E-state index is -4.80. The molecule has 158 valence electrons. The minimum absolute atomic E-state index is 0.00348. The highest BCUT2D eigenvalue weighted by Crippen LogP contribution is 2.39. The Morgan fingerprint density at radius 1 is 1.13 bits per heavy atom. The lowest BCUT2D eigenvalue weighted by molar-refractivity contribution is -0.159. The number of halogens is 4. The topological polar surface area (TPSA) is 87.9 Å². The smallest absolute Gasteiger partial charge is 0.340 e. The maximum Gasteiger partial charge on any atom is 0.471 e. The van der Waals surface area contributed by atoms with Crippen molar-refractivity contribution in [1.82, 2.24) is 20.1 Å². The van der Waals surface area contributed by atoms with Crippen molar-refractivity contribution in [3.8, 4) is 11.4 Å². The van der Waals surface area contributed by atoms with Crippen molar-refractivity contribution in [1.29, 1.82) is 0 Å². The molecular formula is C20H13F4N5O2. The normalized spacial score (nSPS) is 17.1. The van der Waals surface area contributed by atoms with E-state index in [1.54, 1.807) is 0 Å². The summed E-state index contributed by atoms with van der Waals surface area (Å²) in [7, 11) is 0. The number of hydrogen-bond donors (Lipinski definition) is 1. The van der Waals surface area contributed by atoms with Crippen LogP contribution < -0.4 is 4.90 Å². The molecule has 0 aliphatic carbocycles. The van der Waals surface area contributed by atoms with Gasteiger partial charge >= 0.3 is 12.1 Å². The maximum atomic E-state index is 15.0. The molecule has 1 aliphatic heterocycles. The monoisotopic (exact) mass is 431 g/mol. The maximum absolute atomic E-state index is 15.0. The molecule has 1 fully saturated rings. The largest absolute Gasteiger partial charge is 0.471 e. The number of aromatic nitrogens is 4. The van der Waals surface area contributed by atoms with E-state index in [-0.39, 0.29) is 23.6 Å². The average Bonchev–Trinajstić information content (AvgIpc) is 3.45. The predicted octanol–water partition coefficient (Wildman–Crippen LogP) is 4.64. The van der Waals surface area contributed by atoms with Crippen molar-refractivity contribution in [2.24, 2.45) is 0 Å². The molecule has 0 bridgehead atoms. The van der Waals surface area contributed by atoms with Gasteiger partial charge in [-0.05, 0) is 36.8 Å². The van der Waals surface area contributed by atoms with E-state index in [4.69, 9.17) is 0 Å². The Labute approximate surface area is 171 Å². The zero-order valence-corrected chi connectivity index (χ0v) is 15.7. The van der Waals surface area contributed by atoms with Crippen LogP contribution in [0.15, 0.2) is 47.0 Å². The number of hydrogen-bond acceptors (Lipinski definition) is 5. The van der Waals surface area contributed by atoms with Crippen LogP contribution in [-0.2, 0) is 11.0 Å². The Hall–Kier alpha value is -3.76. The number of para-hydroxylation sites is 2. The number of nitrogens with zero attached hydrogens (tertiary/aromatic N) is 4.